The van der Waals surface area contributed by atoms with E-state index in [2.05, 4.69) is 15.9 Å². The fraction of sp³-hybridized carbons (Fsp3) is 0.0714. The number of aldehydes is 1. The summed E-state index contributed by atoms with van der Waals surface area (Å²) in [5.74, 6) is -0.646. The second-order valence-electron chi connectivity index (χ2n) is 3.83. The maximum absolute atomic E-state index is 13.4. The van der Waals surface area contributed by atoms with Gasteiger partial charge in [0.25, 0.3) is 0 Å². The van der Waals surface area contributed by atoms with E-state index >= 15 is 0 Å². The molecule has 0 atom stereocenters. The summed E-state index contributed by atoms with van der Waals surface area (Å²) in [6.07, 6.45) is 0.680. The van der Waals surface area contributed by atoms with Crippen molar-refractivity contribution in [3.63, 3.8) is 0 Å². The molecule has 5 heteroatoms. The number of ether oxygens (including phenoxy) is 1. The van der Waals surface area contributed by atoms with Gasteiger partial charge < -0.3 is 4.74 Å². The first-order valence-corrected chi connectivity index (χ1v) is 6.21. The topological polar surface area (TPSA) is 26.3 Å². The Morgan fingerprint density at radius 1 is 1.16 bits per heavy atom. The third-order valence-corrected chi connectivity index (χ3v) is 3.22. The van der Waals surface area contributed by atoms with Gasteiger partial charge in [-0.2, -0.15) is 0 Å². The number of rotatable bonds is 4. The summed E-state index contributed by atoms with van der Waals surface area (Å²) < 4.78 is 32.3. The van der Waals surface area contributed by atoms with Gasteiger partial charge in [0.1, 0.15) is 24.0 Å². The van der Waals surface area contributed by atoms with Crippen LogP contribution in [0, 0.1) is 11.6 Å². The first kappa shape index (κ1) is 13.7. The van der Waals surface area contributed by atoms with E-state index in [1.54, 1.807) is 12.1 Å². The molecule has 0 aromatic heterocycles. The standard InChI is InChI=1S/C14H9BrF2O2/c15-13-3-2-12(6-9(13)7-18)19-8-10-5-11(16)1-4-14(10)17/h1-7H,8H2. The van der Waals surface area contributed by atoms with Crippen LogP contribution in [0.15, 0.2) is 40.9 Å². The van der Waals surface area contributed by atoms with Crippen molar-refractivity contribution < 1.29 is 18.3 Å². The lowest BCUT2D eigenvalue weighted by Gasteiger charge is -2.08. The van der Waals surface area contributed by atoms with Crippen molar-refractivity contribution in [1.29, 1.82) is 0 Å². The number of halogens is 3. The molecule has 2 aromatic carbocycles. The average Bonchev–Trinajstić information content (AvgIpc) is 2.41. The average molecular weight is 327 g/mol. The minimum absolute atomic E-state index is 0.108. The van der Waals surface area contributed by atoms with Gasteiger partial charge in [-0.3, -0.25) is 4.79 Å². The lowest BCUT2D eigenvalue weighted by Crippen LogP contribution is -1.99. The second-order valence-corrected chi connectivity index (χ2v) is 4.68. The highest BCUT2D eigenvalue weighted by molar-refractivity contribution is 9.10. The Balaban J connectivity index is 2.14. The molecule has 0 aliphatic rings. The molecule has 0 fully saturated rings. The van der Waals surface area contributed by atoms with E-state index in [9.17, 15) is 13.6 Å². The Morgan fingerprint density at radius 2 is 1.95 bits per heavy atom. The summed E-state index contributed by atoms with van der Waals surface area (Å²) in [6.45, 7) is -0.108. The predicted octanol–water partition coefficient (Wildman–Crippen LogP) is 4.12. The zero-order chi connectivity index (χ0) is 13.8. The largest absolute Gasteiger partial charge is 0.489 e. The van der Waals surface area contributed by atoms with Crippen molar-refractivity contribution in [2.75, 3.05) is 0 Å². The Morgan fingerprint density at radius 3 is 2.68 bits per heavy atom. The lowest BCUT2D eigenvalue weighted by molar-refractivity contribution is 0.112. The minimum atomic E-state index is -0.533. The van der Waals surface area contributed by atoms with Crippen LogP contribution in [-0.2, 0) is 6.61 Å². The molecule has 0 unspecified atom stereocenters. The number of carbonyl (C=O) groups excluding carboxylic acids is 1. The Hall–Kier alpha value is -1.75. The highest BCUT2D eigenvalue weighted by Gasteiger charge is 2.06. The molecule has 0 amide bonds. The molecular formula is C14H9BrF2O2. The molecule has 2 nitrogen and oxygen atoms in total. The Labute approximate surface area is 117 Å². The van der Waals surface area contributed by atoms with Crippen LogP contribution in [0.3, 0.4) is 0 Å². The van der Waals surface area contributed by atoms with E-state index in [1.165, 1.54) is 6.07 Å². The van der Waals surface area contributed by atoms with Crippen molar-refractivity contribution in [2.24, 2.45) is 0 Å². The van der Waals surface area contributed by atoms with Crippen LogP contribution in [0.4, 0.5) is 8.78 Å². The number of hydrogen-bond donors (Lipinski definition) is 0. The first-order valence-electron chi connectivity index (χ1n) is 5.41. The fourth-order valence-corrected chi connectivity index (χ4v) is 1.86. The van der Waals surface area contributed by atoms with E-state index in [0.717, 1.165) is 18.2 Å². The molecule has 0 heterocycles. The van der Waals surface area contributed by atoms with E-state index < -0.39 is 11.6 Å². The predicted molar refractivity (Wildman–Crippen MR) is 70.2 cm³/mol. The molecule has 98 valence electrons. The van der Waals surface area contributed by atoms with Gasteiger partial charge in [0.2, 0.25) is 0 Å². The minimum Gasteiger partial charge on any atom is -0.489 e. The smallest absolute Gasteiger partial charge is 0.151 e. The molecule has 0 saturated carbocycles. The number of hydrogen-bond acceptors (Lipinski definition) is 2. The molecule has 0 bridgehead atoms. The summed E-state index contributed by atoms with van der Waals surface area (Å²) in [6, 6.07) is 7.98. The summed E-state index contributed by atoms with van der Waals surface area (Å²) in [4.78, 5) is 10.8. The number of carbonyl (C=O) groups is 1. The van der Waals surface area contributed by atoms with Crippen LogP contribution in [-0.4, -0.2) is 6.29 Å². The second kappa shape index (κ2) is 5.93. The summed E-state index contributed by atoms with van der Waals surface area (Å²) >= 11 is 3.21. The molecule has 0 aliphatic carbocycles. The van der Waals surface area contributed by atoms with Crippen LogP contribution in [0.25, 0.3) is 0 Å². The molecule has 2 rings (SSSR count). The van der Waals surface area contributed by atoms with Crippen molar-refractivity contribution in [2.45, 2.75) is 6.61 Å². The summed E-state index contributed by atoms with van der Waals surface area (Å²) in [5, 5.41) is 0. The monoisotopic (exact) mass is 326 g/mol. The van der Waals surface area contributed by atoms with E-state index in [-0.39, 0.29) is 12.2 Å². The third kappa shape index (κ3) is 3.38. The van der Waals surface area contributed by atoms with Gasteiger partial charge in [0.15, 0.2) is 6.29 Å². The van der Waals surface area contributed by atoms with Crippen molar-refractivity contribution >= 4 is 22.2 Å². The zero-order valence-electron chi connectivity index (χ0n) is 9.70. The summed E-state index contributed by atoms with van der Waals surface area (Å²) in [5.41, 5.74) is 0.549. The van der Waals surface area contributed by atoms with Crippen LogP contribution in [0.5, 0.6) is 5.75 Å². The SMILES string of the molecule is O=Cc1cc(OCc2cc(F)ccc2F)ccc1Br. The molecular weight excluding hydrogens is 318 g/mol. The maximum atomic E-state index is 13.4. The van der Waals surface area contributed by atoms with Gasteiger partial charge in [-0.05, 0) is 36.4 Å². The van der Waals surface area contributed by atoms with E-state index in [1.807, 2.05) is 0 Å². The van der Waals surface area contributed by atoms with Gasteiger partial charge in [-0.25, -0.2) is 8.78 Å². The molecule has 0 spiro atoms. The first-order chi connectivity index (χ1) is 9.10. The van der Waals surface area contributed by atoms with Crippen molar-refractivity contribution in [3.8, 4) is 5.75 Å². The third-order valence-electron chi connectivity index (χ3n) is 2.50. The van der Waals surface area contributed by atoms with Crippen LogP contribution in [0.1, 0.15) is 15.9 Å². The quantitative estimate of drug-likeness (QED) is 0.790. The van der Waals surface area contributed by atoms with Crippen molar-refractivity contribution in [3.05, 3.63) is 63.6 Å². The molecule has 0 saturated heterocycles. The molecule has 19 heavy (non-hydrogen) atoms. The maximum Gasteiger partial charge on any atom is 0.151 e. The normalized spacial score (nSPS) is 10.3. The van der Waals surface area contributed by atoms with Gasteiger partial charge in [-0.1, -0.05) is 15.9 Å². The highest BCUT2D eigenvalue weighted by Crippen LogP contribution is 2.22. The van der Waals surface area contributed by atoms with E-state index in [4.69, 9.17) is 4.74 Å². The van der Waals surface area contributed by atoms with Gasteiger partial charge in [0, 0.05) is 15.6 Å². The molecule has 0 N–H and O–H groups in total. The van der Waals surface area contributed by atoms with Gasteiger partial charge in [0.05, 0.1) is 0 Å². The van der Waals surface area contributed by atoms with Crippen LogP contribution >= 0.6 is 15.9 Å². The van der Waals surface area contributed by atoms with Crippen LogP contribution in [0.2, 0.25) is 0 Å². The molecule has 0 aliphatic heterocycles. The van der Waals surface area contributed by atoms with Gasteiger partial charge >= 0.3 is 0 Å². The highest BCUT2D eigenvalue weighted by atomic mass is 79.9. The zero-order valence-corrected chi connectivity index (χ0v) is 11.3. The lowest BCUT2D eigenvalue weighted by atomic mass is 10.2. The molecule has 2 aromatic rings. The van der Waals surface area contributed by atoms with E-state index in [0.29, 0.717) is 22.1 Å². The Kier molecular flexibility index (Phi) is 4.27. The Bertz CT molecular complexity index is 614. The van der Waals surface area contributed by atoms with Crippen molar-refractivity contribution in [1.82, 2.24) is 0 Å². The van der Waals surface area contributed by atoms with Crippen LogP contribution < -0.4 is 4.74 Å². The molecule has 0 radical (unpaired) electrons. The summed E-state index contributed by atoms with van der Waals surface area (Å²) in [7, 11) is 0. The fourth-order valence-electron chi connectivity index (χ4n) is 1.52. The van der Waals surface area contributed by atoms with Gasteiger partial charge in [-0.15, -0.1) is 0 Å². The number of benzene rings is 2.